The molecule has 0 spiro atoms. The number of thiazole rings is 1. The smallest absolute Gasteiger partial charge is 0.293 e. The molecule has 0 atom stereocenters. The molecular formula is C14H19N3O3S. The first kappa shape index (κ1) is 15.7. The molecule has 0 radical (unpaired) electrons. The molecule has 1 heterocycles. The molecule has 2 aromatic rings. The topological polar surface area (TPSA) is 88.3 Å². The fourth-order valence-corrected chi connectivity index (χ4v) is 3.15. The maximum Gasteiger partial charge on any atom is 0.293 e. The predicted octanol–water partition coefficient (Wildman–Crippen LogP) is 3.48. The van der Waals surface area contributed by atoms with Crippen molar-refractivity contribution in [2.45, 2.75) is 39.2 Å². The van der Waals surface area contributed by atoms with Gasteiger partial charge in [0.05, 0.1) is 32.3 Å². The third-order valence-electron chi connectivity index (χ3n) is 3.87. The Balaban J connectivity index is 2.55. The van der Waals surface area contributed by atoms with Crippen molar-refractivity contribution in [3.63, 3.8) is 0 Å². The molecule has 0 saturated heterocycles. The molecule has 0 fully saturated rings. The van der Waals surface area contributed by atoms with Gasteiger partial charge in [-0.15, -0.1) is 11.3 Å². The third kappa shape index (κ3) is 2.98. The fourth-order valence-electron chi connectivity index (χ4n) is 2.31. The van der Waals surface area contributed by atoms with Crippen molar-refractivity contribution in [3.05, 3.63) is 27.3 Å². The summed E-state index contributed by atoms with van der Waals surface area (Å²) in [5, 5.41) is 25.0. The summed E-state index contributed by atoms with van der Waals surface area (Å²) in [4.78, 5) is 15.3. The zero-order valence-corrected chi connectivity index (χ0v) is 13.2. The molecule has 6 nitrogen and oxygen atoms in total. The van der Waals surface area contributed by atoms with Crippen molar-refractivity contribution in [2.75, 3.05) is 11.9 Å². The Morgan fingerprint density at radius 1 is 1.43 bits per heavy atom. The summed E-state index contributed by atoms with van der Waals surface area (Å²) >= 11 is 1.43. The lowest BCUT2D eigenvalue weighted by Crippen LogP contribution is -2.41. The number of nitro benzene ring substituents is 1. The van der Waals surface area contributed by atoms with Gasteiger partial charge in [0, 0.05) is 6.07 Å². The number of anilines is 1. The van der Waals surface area contributed by atoms with Crippen LogP contribution in [0, 0.1) is 17.0 Å². The van der Waals surface area contributed by atoms with Crippen LogP contribution in [0.3, 0.4) is 0 Å². The maximum atomic E-state index is 11.3. The van der Waals surface area contributed by atoms with Crippen LogP contribution < -0.4 is 5.32 Å². The second kappa shape index (κ2) is 5.95. The van der Waals surface area contributed by atoms with Crippen molar-refractivity contribution < 1.29 is 10.0 Å². The molecule has 2 N–H and O–H groups in total. The van der Waals surface area contributed by atoms with Crippen LogP contribution in [0.5, 0.6) is 0 Å². The van der Waals surface area contributed by atoms with Gasteiger partial charge in [-0.05, 0) is 25.8 Å². The van der Waals surface area contributed by atoms with Crippen LogP contribution in [-0.4, -0.2) is 27.2 Å². The number of nitrogens with one attached hydrogen (secondary N) is 1. The summed E-state index contributed by atoms with van der Waals surface area (Å²) in [5.41, 5.74) is 0.620. The monoisotopic (exact) mass is 309 g/mol. The van der Waals surface area contributed by atoms with E-state index in [0.29, 0.717) is 18.5 Å². The number of nitro groups is 1. The Labute approximate surface area is 127 Å². The van der Waals surface area contributed by atoms with Crippen LogP contribution in [0.2, 0.25) is 0 Å². The van der Waals surface area contributed by atoms with Gasteiger partial charge in [0.15, 0.2) is 0 Å². The summed E-state index contributed by atoms with van der Waals surface area (Å²) in [7, 11) is 0. The number of hydrogen-bond donors (Lipinski definition) is 2. The molecule has 2 rings (SSSR count). The number of aryl methyl sites for hydroxylation is 1. The number of fused-ring (bicyclic) bond motifs is 1. The molecule has 1 aromatic carbocycles. The molecule has 0 bridgehead atoms. The fraction of sp³-hybridized carbons (Fsp3) is 0.500. The van der Waals surface area contributed by atoms with E-state index in [4.69, 9.17) is 0 Å². The van der Waals surface area contributed by atoms with Gasteiger partial charge < -0.3 is 10.4 Å². The highest BCUT2D eigenvalue weighted by molar-refractivity contribution is 7.18. The van der Waals surface area contributed by atoms with Crippen molar-refractivity contribution in [2.24, 2.45) is 0 Å². The molecule has 0 aliphatic carbocycles. The van der Waals surface area contributed by atoms with Gasteiger partial charge in [-0.25, -0.2) is 4.98 Å². The number of benzene rings is 1. The lowest BCUT2D eigenvalue weighted by atomic mass is 9.93. The zero-order chi connectivity index (χ0) is 15.6. The van der Waals surface area contributed by atoms with E-state index in [2.05, 4.69) is 10.3 Å². The molecule has 0 aliphatic heterocycles. The lowest BCUT2D eigenvalue weighted by Gasteiger charge is -2.31. The molecule has 0 amide bonds. The van der Waals surface area contributed by atoms with E-state index >= 15 is 0 Å². The minimum Gasteiger partial charge on any atom is -0.394 e. The van der Waals surface area contributed by atoms with Crippen molar-refractivity contribution >= 4 is 32.9 Å². The van der Waals surface area contributed by atoms with Crippen LogP contribution >= 0.6 is 11.3 Å². The van der Waals surface area contributed by atoms with Crippen LogP contribution in [-0.2, 0) is 0 Å². The third-order valence-corrected chi connectivity index (χ3v) is 4.80. The first-order valence-electron chi connectivity index (χ1n) is 6.89. The average Bonchev–Trinajstić information content (AvgIpc) is 2.83. The van der Waals surface area contributed by atoms with Crippen molar-refractivity contribution in [3.8, 4) is 0 Å². The van der Waals surface area contributed by atoms with Crippen LogP contribution in [0.4, 0.5) is 11.4 Å². The summed E-state index contributed by atoms with van der Waals surface area (Å²) < 4.78 is 0.798. The van der Waals surface area contributed by atoms with Gasteiger partial charge in [0.1, 0.15) is 5.69 Å². The number of rotatable bonds is 6. The van der Waals surface area contributed by atoms with Crippen LogP contribution in [0.1, 0.15) is 31.7 Å². The Bertz CT molecular complexity index is 657. The van der Waals surface area contributed by atoms with E-state index in [9.17, 15) is 15.2 Å². The van der Waals surface area contributed by atoms with E-state index in [1.54, 1.807) is 12.1 Å². The van der Waals surface area contributed by atoms with E-state index < -0.39 is 10.5 Å². The Kier molecular flexibility index (Phi) is 4.43. The first-order valence-corrected chi connectivity index (χ1v) is 7.71. The Morgan fingerprint density at radius 3 is 2.62 bits per heavy atom. The van der Waals surface area contributed by atoms with E-state index in [0.717, 1.165) is 15.2 Å². The van der Waals surface area contributed by atoms with E-state index in [-0.39, 0.29) is 12.3 Å². The molecule has 0 aliphatic rings. The highest BCUT2D eigenvalue weighted by Gasteiger charge is 2.28. The summed E-state index contributed by atoms with van der Waals surface area (Å²) in [6.45, 7) is 5.69. The largest absolute Gasteiger partial charge is 0.394 e. The first-order chi connectivity index (χ1) is 9.94. The average molecular weight is 309 g/mol. The molecule has 21 heavy (non-hydrogen) atoms. The second-order valence-corrected chi connectivity index (χ2v) is 6.33. The Hall–Kier alpha value is -1.73. The van der Waals surface area contributed by atoms with Gasteiger partial charge >= 0.3 is 0 Å². The summed E-state index contributed by atoms with van der Waals surface area (Å²) in [6, 6.07) is 3.25. The van der Waals surface area contributed by atoms with Gasteiger partial charge in [-0.2, -0.15) is 0 Å². The van der Waals surface area contributed by atoms with Gasteiger partial charge in [-0.1, -0.05) is 13.8 Å². The normalized spacial score (nSPS) is 11.8. The van der Waals surface area contributed by atoms with E-state index in [1.807, 2.05) is 20.8 Å². The quantitative estimate of drug-likeness (QED) is 0.630. The number of hydrogen-bond acceptors (Lipinski definition) is 6. The minimum absolute atomic E-state index is 0.0193. The SMILES string of the molecule is CCC(CC)(CO)Nc1cc2nc(C)sc2cc1[N+](=O)[O-]. The minimum atomic E-state index is -0.552. The van der Waals surface area contributed by atoms with Gasteiger partial charge in [0.2, 0.25) is 0 Å². The standard InChI is InChI=1S/C14H19N3O3S/c1-4-14(5-2,8-18)16-10-6-11-13(21-9(3)15-11)7-12(10)17(19)20/h6-7,16,18H,4-5,8H2,1-3H3. The van der Waals surface area contributed by atoms with Crippen LogP contribution in [0.25, 0.3) is 10.2 Å². The molecule has 0 saturated carbocycles. The highest BCUT2D eigenvalue weighted by Crippen LogP contribution is 2.35. The summed E-state index contributed by atoms with van der Waals surface area (Å²) in [5.74, 6) is 0. The Morgan fingerprint density at radius 2 is 2.10 bits per heavy atom. The zero-order valence-electron chi connectivity index (χ0n) is 12.3. The van der Waals surface area contributed by atoms with Crippen molar-refractivity contribution in [1.82, 2.24) is 4.98 Å². The highest BCUT2D eigenvalue weighted by atomic mass is 32.1. The molecule has 7 heteroatoms. The van der Waals surface area contributed by atoms with E-state index in [1.165, 1.54) is 11.3 Å². The molecule has 1 aromatic heterocycles. The number of aliphatic hydroxyl groups excluding tert-OH is 1. The van der Waals surface area contributed by atoms with Crippen LogP contribution in [0.15, 0.2) is 12.1 Å². The summed E-state index contributed by atoms with van der Waals surface area (Å²) in [6.07, 6.45) is 1.34. The molecule has 114 valence electrons. The lowest BCUT2D eigenvalue weighted by molar-refractivity contribution is -0.383. The van der Waals surface area contributed by atoms with Gasteiger partial charge in [-0.3, -0.25) is 10.1 Å². The number of aromatic nitrogens is 1. The number of aliphatic hydroxyl groups is 1. The second-order valence-electron chi connectivity index (χ2n) is 5.10. The molecule has 0 unspecified atom stereocenters. The van der Waals surface area contributed by atoms with Gasteiger partial charge in [0.25, 0.3) is 5.69 Å². The maximum absolute atomic E-state index is 11.3. The predicted molar refractivity (Wildman–Crippen MR) is 85.0 cm³/mol. The molecular weight excluding hydrogens is 290 g/mol. The number of nitrogens with zero attached hydrogens (tertiary/aromatic N) is 2. The van der Waals surface area contributed by atoms with Crippen molar-refractivity contribution in [1.29, 1.82) is 0 Å².